The number of esters is 1. The Hall–Kier alpha value is -1.45. The maximum absolute atomic E-state index is 13.0. The van der Waals surface area contributed by atoms with Gasteiger partial charge in [-0.25, -0.2) is 8.78 Å². The first-order chi connectivity index (χ1) is 9.67. The molecule has 1 aromatic rings. The van der Waals surface area contributed by atoms with Crippen LogP contribution in [0.2, 0.25) is 0 Å². The van der Waals surface area contributed by atoms with E-state index in [1.165, 1.54) is 0 Å². The van der Waals surface area contributed by atoms with Crippen molar-refractivity contribution in [2.45, 2.75) is 24.5 Å². The lowest BCUT2D eigenvalue weighted by molar-refractivity contribution is -0.275. The molecule has 1 heterocycles. The predicted molar refractivity (Wildman–Crippen MR) is 64.2 cm³/mol. The molecule has 0 aromatic carbocycles. The Morgan fingerprint density at radius 1 is 1.43 bits per heavy atom. The van der Waals surface area contributed by atoms with E-state index >= 15 is 0 Å². The van der Waals surface area contributed by atoms with Crippen molar-refractivity contribution in [1.82, 2.24) is 4.98 Å². The van der Waals surface area contributed by atoms with Crippen LogP contribution in [-0.2, 0) is 21.3 Å². The number of ether oxygens (including phenoxy) is 2. The summed E-state index contributed by atoms with van der Waals surface area (Å²) in [7, 11) is 1.02. The summed E-state index contributed by atoms with van der Waals surface area (Å²) in [4.78, 5) is 14.9. The fourth-order valence-corrected chi connectivity index (χ4v) is 1.78. The number of aromatic nitrogens is 1. The summed E-state index contributed by atoms with van der Waals surface area (Å²) in [5, 5.41) is -0.00108. The molecule has 0 radical (unpaired) electrons. The maximum atomic E-state index is 13.0. The Morgan fingerprint density at radius 2 is 2.05 bits per heavy atom. The van der Waals surface area contributed by atoms with Crippen molar-refractivity contribution in [1.29, 1.82) is 0 Å². The van der Waals surface area contributed by atoms with Crippen LogP contribution in [0.15, 0.2) is 6.07 Å². The molecule has 0 bridgehead atoms. The highest BCUT2D eigenvalue weighted by atomic mass is 79.9. The van der Waals surface area contributed by atoms with E-state index in [-0.39, 0.29) is 11.0 Å². The van der Waals surface area contributed by atoms with Crippen LogP contribution in [0.5, 0.6) is 5.75 Å². The molecule has 21 heavy (non-hydrogen) atoms. The highest BCUT2D eigenvalue weighted by molar-refractivity contribution is 9.08. The molecule has 1 rings (SSSR count). The molecule has 0 amide bonds. The Morgan fingerprint density at radius 3 is 2.48 bits per heavy atom. The van der Waals surface area contributed by atoms with Gasteiger partial charge in [0.15, 0.2) is 0 Å². The van der Waals surface area contributed by atoms with Gasteiger partial charge in [0.1, 0.15) is 5.75 Å². The third-order valence-electron chi connectivity index (χ3n) is 2.27. The molecule has 0 fully saturated rings. The van der Waals surface area contributed by atoms with E-state index in [2.05, 4.69) is 30.4 Å². The SMILES string of the molecule is COC(=O)Cc1nc(CBr)cc(OC(F)(F)F)c1C(F)F. The molecule has 1 aromatic heterocycles. The van der Waals surface area contributed by atoms with Gasteiger partial charge in [-0.3, -0.25) is 9.78 Å². The fraction of sp³-hybridized carbons (Fsp3) is 0.455. The minimum atomic E-state index is -5.14. The third kappa shape index (κ3) is 5.10. The van der Waals surface area contributed by atoms with Gasteiger partial charge in [0, 0.05) is 11.4 Å². The van der Waals surface area contributed by atoms with E-state index in [4.69, 9.17) is 0 Å². The maximum Gasteiger partial charge on any atom is 0.573 e. The first-order valence-corrected chi connectivity index (χ1v) is 6.49. The van der Waals surface area contributed by atoms with E-state index in [0.29, 0.717) is 0 Å². The van der Waals surface area contributed by atoms with E-state index in [9.17, 15) is 26.7 Å². The third-order valence-corrected chi connectivity index (χ3v) is 2.85. The van der Waals surface area contributed by atoms with Crippen LogP contribution < -0.4 is 4.74 Å². The summed E-state index contributed by atoms with van der Waals surface area (Å²) < 4.78 is 70.8. The molecule has 0 N–H and O–H groups in total. The number of hydrogen-bond acceptors (Lipinski definition) is 4. The lowest BCUT2D eigenvalue weighted by atomic mass is 10.1. The number of pyridine rings is 1. The predicted octanol–water partition coefficient (Wildman–Crippen LogP) is 3.53. The van der Waals surface area contributed by atoms with Crippen LogP contribution in [0.4, 0.5) is 22.0 Å². The van der Waals surface area contributed by atoms with Crippen molar-refractivity contribution in [3.8, 4) is 5.75 Å². The number of carbonyl (C=O) groups excluding carboxylic acids is 1. The number of hydrogen-bond donors (Lipinski definition) is 0. The van der Waals surface area contributed by atoms with Gasteiger partial charge in [0.05, 0.1) is 30.5 Å². The molecular formula is C11H9BrF5NO3. The topological polar surface area (TPSA) is 48.4 Å². The first kappa shape index (κ1) is 17.6. The monoisotopic (exact) mass is 377 g/mol. The molecule has 0 unspecified atom stereocenters. The first-order valence-electron chi connectivity index (χ1n) is 5.37. The summed E-state index contributed by atoms with van der Waals surface area (Å²) in [6, 6.07) is 0.741. The normalized spacial score (nSPS) is 11.6. The van der Waals surface area contributed by atoms with Crippen molar-refractivity contribution >= 4 is 21.9 Å². The van der Waals surface area contributed by atoms with Gasteiger partial charge in [-0.1, -0.05) is 15.9 Å². The van der Waals surface area contributed by atoms with Crippen molar-refractivity contribution < 1.29 is 36.2 Å². The second-order valence-corrected chi connectivity index (χ2v) is 4.27. The van der Waals surface area contributed by atoms with Gasteiger partial charge in [0.25, 0.3) is 6.43 Å². The van der Waals surface area contributed by atoms with Gasteiger partial charge in [-0.15, -0.1) is 13.2 Å². The van der Waals surface area contributed by atoms with Gasteiger partial charge >= 0.3 is 12.3 Å². The zero-order chi connectivity index (χ0) is 16.2. The minimum absolute atomic E-state index is 0.00108. The smallest absolute Gasteiger partial charge is 0.469 e. The Labute approximate surface area is 124 Å². The largest absolute Gasteiger partial charge is 0.573 e. The number of methoxy groups -OCH3 is 1. The zero-order valence-corrected chi connectivity index (χ0v) is 12.1. The van der Waals surface area contributed by atoms with Crippen LogP contribution in [0.25, 0.3) is 0 Å². The number of alkyl halides is 6. The minimum Gasteiger partial charge on any atom is -0.469 e. The number of nitrogens with zero attached hydrogens (tertiary/aromatic N) is 1. The van der Waals surface area contributed by atoms with Crippen LogP contribution >= 0.6 is 15.9 Å². The fourth-order valence-electron chi connectivity index (χ4n) is 1.49. The standard InChI is InChI=1S/C11H9BrF5NO3/c1-20-8(19)3-6-9(10(13)14)7(21-11(15,16)17)2-5(4-12)18-6/h2,10H,3-4H2,1H3. The molecule has 10 heteroatoms. The molecule has 0 saturated carbocycles. The van der Waals surface area contributed by atoms with Gasteiger partial charge < -0.3 is 9.47 Å². The number of carbonyl (C=O) groups is 1. The van der Waals surface area contributed by atoms with Crippen LogP contribution in [0, 0.1) is 0 Å². The van der Waals surface area contributed by atoms with E-state index in [0.717, 1.165) is 13.2 Å². The van der Waals surface area contributed by atoms with Crippen molar-refractivity contribution in [3.63, 3.8) is 0 Å². The molecule has 4 nitrogen and oxygen atoms in total. The molecule has 118 valence electrons. The number of rotatable bonds is 5. The average molecular weight is 378 g/mol. The van der Waals surface area contributed by atoms with Crippen molar-refractivity contribution in [2.75, 3.05) is 7.11 Å². The van der Waals surface area contributed by atoms with Crippen molar-refractivity contribution in [3.05, 3.63) is 23.0 Å². The van der Waals surface area contributed by atoms with Crippen LogP contribution in [0.1, 0.15) is 23.4 Å². The van der Waals surface area contributed by atoms with Gasteiger partial charge in [-0.2, -0.15) is 0 Å². The van der Waals surface area contributed by atoms with Crippen molar-refractivity contribution in [2.24, 2.45) is 0 Å². The van der Waals surface area contributed by atoms with Crippen LogP contribution in [-0.4, -0.2) is 24.4 Å². The molecule has 0 saturated heterocycles. The highest BCUT2D eigenvalue weighted by Gasteiger charge is 2.35. The Balaban J connectivity index is 3.38. The summed E-state index contributed by atoms with van der Waals surface area (Å²) in [5.41, 5.74) is -1.59. The summed E-state index contributed by atoms with van der Waals surface area (Å²) in [6.07, 6.45) is -9.12. The summed E-state index contributed by atoms with van der Waals surface area (Å²) >= 11 is 2.95. The second-order valence-electron chi connectivity index (χ2n) is 3.71. The van der Waals surface area contributed by atoms with Crippen LogP contribution in [0.3, 0.4) is 0 Å². The molecule has 0 aliphatic carbocycles. The zero-order valence-electron chi connectivity index (χ0n) is 10.5. The van der Waals surface area contributed by atoms with E-state index < -0.39 is 42.2 Å². The molecular weight excluding hydrogens is 369 g/mol. The highest BCUT2D eigenvalue weighted by Crippen LogP contribution is 2.36. The average Bonchev–Trinajstić information content (AvgIpc) is 2.35. The van der Waals surface area contributed by atoms with E-state index in [1.807, 2.05) is 0 Å². The van der Waals surface area contributed by atoms with Gasteiger partial charge in [-0.05, 0) is 0 Å². The molecule has 0 spiro atoms. The lowest BCUT2D eigenvalue weighted by Crippen LogP contribution is -2.20. The lowest BCUT2D eigenvalue weighted by Gasteiger charge is -2.16. The number of halogens is 6. The molecule has 0 aliphatic rings. The summed E-state index contributed by atoms with van der Waals surface area (Å²) in [6.45, 7) is 0. The van der Waals surface area contributed by atoms with E-state index in [1.54, 1.807) is 0 Å². The Bertz CT molecular complexity index is 521. The van der Waals surface area contributed by atoms with Gasteiger partial charge in [0.2, 0.25) is 0 Å². The molecule has 0 atom stereocenters. The molecule has 0 aliphatic heterocycles. The summed E-state index contributed by atoms with van der Waals surface area (Å²) in [5.74, 6) is -1.99. The second kappa shape index (κ2) is 7.01. The quantitative estimate of drug-likeness (QED) is 0.447. The Kier molecular flexibility index (Phi) is 5.87.